The summed E-state index contributed by atoms with van der Waals surface area (Å²) in [6.45, 7) is 0.679. The Morgan fingerprint density at radius 2 is 1.18 bits per heavy atom. The predicted molar refractivity (Wildman–Crippen MR) is 127 cm³/mol. The average Bonchev–Trinajstić information content (AvgIpc) is 2.88. The van der Waals surface area contributed by atoms with E-state index in [1.807, 2.05) is 60.7 Å². The van der Waals surface area contributed by atoms with Gasteiger partial charge in [0.25, 0.3) is 11.8 Å². The molecule has 4 amide bonds. The van der Waals surface area contributed by atoms with Crippen molar-refractivity contribution >= 4 is 23.9 Å². The minimum absolute atomic E-state index is 0.100. The number of ether oxygens (including phenoxy) is 2. The van der Waals surface area contributed by atoms with Gasteiger partial charge in [-0.3, -0.25) is 19.4 Å². The van der Waals surface area contributed by atoms with E-state index in [1.54, 1.807) is 18.2 Å². The average molecular weight is 456 g/mol. The van der Waals surface area contributed by atoms with E-state index in [-0.39, 0.29) is 5.57 Å². The van der Waals surface area contributed by atoms with Crippen molar-refractivity contribution in [2.45, 2.75) is 13.2 Å². The maximum Gasteiger partial charge on any atom is 0.333 e. The molecule has 0 bridgehead atoms. The van der Waals surface area contributed by atoms with E-state index in [9.17, 15) is 14.4 Å². The lowest BCUT2D eigenvalue weighted by molar-refractivity contribution is -0.134. The van der Waals surface area contributed by atoms with Crippen LogP contribution in [-0.4, -0.2) is 41.7 Å². The van der Waals surface area contributed by atoms with Crippen LogP contribution in [0.2, 0.25) is 0 Å². The smallest absolute Gasteiger partial charge is 0.333 e. The second-order valence-corrected chi connectivity index (χ2v) is 7.82. The van der Waals surface area contributed by atoms with Gasteiger partial charge in [0.1, 0.15) is 18.8 Å². The zero-order valence-electron chi connectivity index (χ0n) is 18.9. The number of hydrogen-bond donors (Lipinski definition) is 0. The molecule has 1 heterocycles. The fourth-order valence-corrected chi connectivity index (χ4v) is 3.46. The van der Waals surface area contributed by atoms with Gasteiger partial charge < -0.3 is 9.47 Å². The van der Waals surface area contributed by atoms with Crippen LogP contribution in [0.25, 0.3) is 6.08 Å². The molecule has 0 atom stereocenters. The zero-order valence-corrected chi connectivity index (χ0v) is 18.9. The number of amides is 4. The Labute approximate surface area is 197 Å². The van der Waals surface area contributed by atoms with Crippen LogP contribution in [0.1, 0.15) is 16.7 Å². The molecule has 4 rings (SSSR count). The van der Waals surface area contributed by atoms with Crippen molar-refractivity contribution in [2.24, 2.45) is 0 Å². The molecule has 34 heavy (non-hydrogen) atoms. The third-order valence-corrected chi connectivity index (χ3v) is 5.40. The van der Waals surface area contributed by atoms with Crippen molar-refractivity contribution in [3.63, 3.8) is 0 Å². The molecule has 0 saturated carbocycles. The van der Waals surface area contributed by atoms with Crippen LogP contribution in [0.3, 0.4) is 0 Å². The van der Waals surface area contributed by atoms with Crippen LogP contribution in [-0.2, 0) is 22.8 Å². The fraction of sp³-hybridized carbons (Fsp3) is 0.148. The van der Waals surface area contributed by atoms with Crippen LogP contribution in [0, 0.1) is 0 Å². The zero-order chi connectivity index (χ0) is 24.1. The normalized spacial score (nSPS) is 13.8. The van der Waals surface area contributed by atoms with Crippen molar-refractivity contribution in [2.75, 3.05) is 14.1 Å². The first-order chi connectivity index (χ1) is 16.4. The van der Waals surface area contributed by atoms with Gasteiger partial charge in [0.2, 0.25) is 0 Å². The van der Waals surface area contributed by atoms with E-state index in [2.05, 4.69) is 0 Å². The van der Waals surface area contributed by atoms with E-state index in [4.69, 9.17) is 9.47 Å². The van der Waals surface area contributed by atoms with E-state index in [0.717, 1.165) is 20.9 Å². The summed E-state index contributed by atoms with van der Waals surface area (Å²) in [6.07, 6.45) is 1.46. The second-order valence-electron chi connectivity index (χ2n) is 7.82. The lowest BCUT2D eigenvalue weighted by Gasteiger charge is -2.28. The first-order valence-corrected chi connectivity index (χ1v) is 10.7. The van der Waals surface area contributed by atoms with Gasteiger partial charge in [0.15, 0.2) is 11.5 Å². The number of urea groups is 1. The highest BCUT2D eigenvalue weighted by molar-refractivity contribution is 6.30. The summed E-state index contributed by atoms with van der Waals surface area (Å²) in [5.74, 6) is -0.288. The minimum atomic E-state index is -0.663. The van der Waals surface area contributed by atoms with Gasteiger partial charge in [-0.2, -0.15) is 0 Å². The Bertz CT molecular complexity index is 1210. The summed E-state index contributed by atoms with van der Waals surface area (Å²) >= 11 is 0. The van der Waals surface area contributed by atoms with Gasteiger partial charge in [0, 0.05) is 14.1 Å². The van der Waals surface area contributed by atoms with E-state index < -0.39 is 17.8 Å². The van der Waals surface area contributed by atoms with Crippen molar-refractivity contribution in [1.29, 1.82) is 0 Å². The third-order valence-electron chi connectivity index (χ3n) is 5.40. The standard InChI is InChI=1S/C27H24N2O5/c1-28-25(30)22(26(31)29(2)27(28)32)15-21-13-14-23(33-17-19-9-5-3-6-10-19)24(16-21)34-18-20-11-7-4-8-12-20/h3-16H,17-18H2,1-2H3. The molecule has 7 nitrogen and oxygen atoms in total. The largest absolute Gasteiger partial charge is 0.485 e. The molecule has 172 valence electrons. The van der Waals surface area contributed by atoms with Gasteiger partial charge in [-0.1, -0.05) is 66.7 Å². The van der Waals surface area contributed by atoms with Gasteiger partial charge >= 0.3 is 6.03 Å². The maximum atomic E-state index is 12.6. The second kappa shape index (κ2) is 10.0. The molecule has 7 heteroatoms. The van der Waals surface area contributed by atoms with E-state index >= 15 is 0 Å². The van der Waals surface area contributed by atoms with Gasteiger partial charge in [-0.05, 0) is 34.9 Å². The summed E-state index contributed by atoms with van der Waals surface area (Å²) in [4.78, 5) is 38.9. The number of likely N-dealkylation sites (N-methyl/N-ethyl adjacent to an activating group) is 2. The van der Waals surface area contributed by atoms with Crippen LogP contribution >= 0.6 is 0 Å². The van der Waals surface area contributed by atoms with Crippen molar-refractivity contribution < 1.29 is 23.9 Å². The number of benzene rings is 3. The Balaban J connectivity index is 1.63. The van der Waals surface area contributed by atoms with Crippen molar-refractivity contribution in [3.05, 3.63) is 101 Å². The molecule has 0 aromatic heterocycles. The molecule has 0 aliphatic carbocycles. The number of imide groups is 2. The Morgan fingerprint density at radius 1 is 0.676 bits per heavy atom. The minimum Gasteiger partial charge on any atom is -0.485 e. The van der Waals surface area contributed by atoms with Crippen LogP contribution in [0.15, 0.2) is 84.4 Å². The van der Waals surface area contributed by atoms with Crippen molar-refractivity contribution in [1.82, 2.24) is 9.80 Å². The third kappa shape index (κ3) is 4.99. The molecule has 1 saturated heterocycles. The molecule has 0 unspecified atom stereocenters. The first kappa shape index (κ1) is 22.8. The summed E-state index contributed by atoms with van der Waals surface area (Å²) in [5, 5.41) is 0. The molecule has 1 aliphatic rings. The highest BCUT2D eigenvalue weighted by Crippen LogP contribution is 2.31. The number of carbonyl (C=O) groups excluding carboxylic acids is 3. The number of carbonyl (C=O) groups is 3. The van der Waals surface area contributed by atoms with Gasteiger partial charge in [-0.25, -0.2) is 4.79 Å². The molecule has 0 spiro atoms. The number of nitrogens with zero attached hydrogens (tertiary/aromatic N) is 2. The number of rotatable bonds is 7. The predicted octanol–water partition coefficient (Wildman–Crippen LogP) is 4.28. The van der Waals surface area contributed by atoms with Gasteiger partial charge in [0.05, 0.1) is 0 Å². The highest BCUT2D eigenvalue weighted by atomic mass is 16.5. The van der Waals surface area contributed by atoms with E-state index in [0.29, 0.717) is 30.3 Å². The quantitative estimate of drug-likeness (QED) is 0.392. The Hall–Kier alpha value is -4.39. The molecule has 0 radical (unpaired) electrons. The highest BCUT2D eigenvalue weighted by Gasteiger charge is 2.37. The summed E-state index contributed by atoms with van der Waals surface area (Å²) < 4.78 is 12.1. The Kier molecular flexibility index (Phi) is 6.73. The maximum absolute atomic E-state index is 12.6. The first-order valence-electron chi connectivity index (χ1n) is 10.7. The molecule has 0 N–H and O–H groups in total. The lowest BCUT2D eigenvalue weighted by Crippen LogP contribution is -2.52. The summed E-state index contributed by atoms with van der Waals surface area (Å²) in [5.41, 5.74) is 2.47. The molecular weight excluding hydrogens is 432 g/mol. The fourth-order valence-electron chi connectivity index (χ4n) is 3.46. The van der Waals surface area contributed by atoms with Crippen LogP contribution < -0.4 is 9.47 Å². The molecule has 3 aromatic carbocycles. The number of barbiturate groups is 1. The monoisotopic (exact) mass is 456 g/mol. The van der Waals surface area contributed by atoms with E-state index in [1.165, 1.54) is 20.2 Å². The molecule has 1 aliphatic heterocycles. The van der Waals surface area contributed by atoms with Crippen LogP contribution in [0.4, 0.5) is 4.79 Å². The molecular formula is C27H24N2O5. The van der Waals surface area contributed by atoms with Gasteiger partial charge in [-0.15, -0.1) is 0 Å². The lowest BCUT2D eigenvalue weighted by atomic mass is 10.1. The molecule has 1 fully saturated rings. The molecule has 3 aromatic rings. The summed E-state index contributed by atoms with van der Waals surface area (Å²) in [6, 6.07) is 24.0. The number of hydrogen-bond acceptors (Lipinski definition) is 5. The van der Waals surface area contributed by atoms with Crippen molar-refractivity contribution in [3.8, 4) is 11.5 Å². The van der Waals surface area contributed by atoms with Crippen LogP contribution in [0.5, 0.6) is 11.5 Å². The summed E-state index contributed by atoms with van der Waals surface area (Å²) in [7, 11) is 2.69. The Morgan fingerprint density at radius 3 is 1.71 bits per heavy atom. The SMILES string of the molecule is CN1C(=O)C(=Cc2ccc(OCc3ccccc3)c(OCc3ccccc3)c2)C(=O)N(C)C1=O. The topological polar surface area (TPSA) is 76.2 Å².